The van der Waals surface area contributed by atoms with Crippen molar-refractivity contribution in [3.63, 3.8) is 0 Å². The van der Waals surface area contributed by atoms with Crippen LogP contribution in [0.2, 0.25) is 0 Å². The van der Waals surface area contributed by atoms with Crippen molar-refractivity contribution in [3.8, 4) is 0 Å². The lowest BCUT2D eigenvalue weighted by molar-refractivity contribution is 0.176. The SMILES string of the molecule is CCO.CNC1CCCCC1(C)C. The number of hydrogen-bond acceptors (Lipinski definition) is 2. The molecule has 1 aliphatic carbocycles. The van der Waals surface area contributed by atoms with E-state index < -0.39 is 0 Å². The minimum Gasteiger partial charge on any atom is -0.397 e. The summed E-state index contributed by atoms with van der Waals surface area (Å²) in [6.07, 6.45) is 5.59. The maximum atomic E-state index is 7.57. The molecule has 0 bridgehead atoms. The molecule has 0 aliphatic heterocycles. The van der Waals surface area contributed by atoms with Crippen LogP contribution < -0.4 is 5.32 Å². The molecule has 1 rings (SSSR count). The van der Waals surface area contributed by atoms with Gasteiger partial charge in [-0.1, -0.05) is 26.7 Å². The monoisotopic (exact) mass is 187 g/mol. The molecule has 2 heteroatoms. The summed E-state index contributed by atoms with van der Waals surface area (Å²) in [4.78, 5) is 0. The van der Waals surface area contributed by atoms with E-state index in [0.717, 1.165) is 6.04 Å². The fourth-order valence-electron chi connectivity index (χ4n) is 2.03. The third-order valence-electron chi connectivity index (χ3n) is 2.86. The van der Waals surface area contributed by atoms with E-state index in [-0.39, 0.29) is 6.61 Å². The molecule has 1 unspecified atom stereocenters. The van der Waals surface area contributed by atoms with Crippen molar-refractivity contribution in [1.29, 1.82) is 0 Å². The minimum atomic E-state index is 0.250. The molecule has 80 valence electrons. The maximum Gasteiger partial charge on any atom is 0.0402 e. The fraction of sp³-hybridized carbons (Fsp3) is 1.00. The Hall–Kier alpha value is -0.0800. The molecule has 0 amide bonds. The van der Waals surface area contributed by atoms with E-state index in [0.29, 0.717) is 5.41 Å². The summed E-state index contributed by atoms with van der Waals surface area (Å²) in [7, 11) is 2.08. The predicted octanol–water partition coefficient (Wildman–Crippen LogP) is 2.17. The zero-order valence-electron chi connectivity index (χ0n) is 9.56. The van der Waals surface area contributed by atoms with Crippen molar-refractivity contribution in [2.75, 3.05) is 13.7 Å². The lowest BCUT2D eigenvalue weighted by atomic mass is 9.73. The van der Waals surface area contributed by atoms with Crippen molar-refractivity contribution in [2.45, 2.75) is 52.5 Å². The first-order chi connectivity index (χ1) is 6.08. The van der Waals surface area contributed by atoms with E-state index in [2.05, 4.69) is 26.2 Å². The Morgan fingerprint density at radius 1 is 1.38 bits per heavy atom. The average Bonchev–Trinajstić information content (AvgIpc) is 2.05. The van der Waals surface area contributed by atoms with Gasteiger partial charge in [-0.3, -0.25) is 0 Å². The van der Waals surface area contributed by atoms with E-state index in [1.54, 1.807) is 6.92 Å². The fourth-order valence-corrected chi connectivity index (χ4v) is 2.03. The van der Waals surface area contributed by atoms with Crippen LogP contribution >= 0.6 is 0 Å². The molecule has 0 saturated heterocycles. The van der Waals surface area contributed by atoms with Crippen LogP contribution in [-0.2, 0) is 0 Å². The number of aliphatic hydroxyl groups excluding tert-OH is 1. The van der Waals surface area contributed by atoms with Gasteiger partial charge in [0, 0.05) is 12.6 Å². The van der Waals surface area contributed by atoms with Crippen molar-refractivity contribution >= 4 is 0 Å². The highest BCUT2D eigenvalue weighted by Crippen LogP contribution is 2.34. The molecule has 2 N–H and O–H groups in total. The zero-order valence-corrected chi connectivity index (χ0v) is 9.56. The third-order valence-corrected chi connectivity index (χ3v) is 2.86. The Kier molecular flexibility index (Phi) is 6.35. The molecule has 13 heavy (non-hydrogen) atoms. The second-order valence-corrected chi connectivity index (χ2v) is 4.39. The van der Waals surface area contributed by atoms with Crippen LogP contribution in [0.15, 0.2) is 0 Å². The average molecular weight is 187 g/mol. The lowest BCUT2D eigenvalue weighted by Crippen LogP contribution is -2.42. The van der Waals surface area contributed by atoms with Crippen LogP contribution in [0, 0.1) is 5.41 Å². The van der Waals surface area contributed by atoms with Gasteiger partial charge >= 0.3 is 0 Å². The normalized spacial score (nSPS) is 26.1. The number of hydrogen-bond donors (Lipinski definition) is 2. The van der Waals surface area contributed by atoms with Crippen molar-refractivity contribution in [3.05, 3.63) is 0 Å². The molecule has 1 aliphatic rings. The van der Waals surface area contributed by atoms with Gasteiger partial charge in [0.05, 0.1) is 0 Å². The molecule has 0 aromatic carbocycles. The molecule has 1 fully saturated rings. The Morgan fingerprint density at radius 3 is 2.23 bits per heavy atom. The predicted molar refractivity (Wildman–Crippen MR) is 57.9 cm³/mol. The van der Waals surface area contributed by atoms with E-state index in [1.165, 1.54) is 25.7 Å². The highest BCUT2D eigenvalue weighted by molar-refractivity contribution is 4.86. The van der Waals surface area contributed by atoms with E-state index in [9.17, 15) is 0 Å². The Labute approximate surface area is 82.7 Å². The van der Waals surface area contributed by atoms with Crippen LogP contribution in [-0.4, -0.2) is 24.8 Å². The highest BCUT2D eigenvalue weighted by atomic mass is 16.2. The number of nitrogens with one attached hydrogen (secondary N) is 1. The van der Waals surface area contributed by atoms with Gasteiger partial charge in [-0.15, -0.1) is 0 Å². The zero-order chi connectivity index (χ0) is 10.3. The van der Waals surface area contributed by atoms with Gasteiger partial charge in [-0.2, -0.15) is 0 Å². The van der Waals surface area contributed by atoms with Crippen LogP contribution in [0.25, 0.3) is 0 Å². The summed E-state index contributed by atoms with van der Waals surface area (Å²) in [6, 6.07) is 0.751. The van der Waals surface area contributed by atoms with Crippen molar-refractivity contribution < 1.29 is 5.11 Å². The van der Waals surface area contributed by atoms with Gasteiger partial charge in [0.25, 0.3) is 0 Å². The molecule has 0 spiro atoms. The Bertz CT molecular complexity index is 123. The van der Waals surface area contributed by atoms with Crippen LogP contribution in [0.4, 0.5) is 0 Å². The third kappa shape index (κ3) is 4.63. The molecule has 0 aromatic rings. The van der Waals surface area contributed by atoms with Crippen molar-refractivity contribution in [2.24, 2.45) is 5.41 Å². The molecule has 2 nitrogen and oxygen atoms in total. The summed E-state index contributed by atoms with van der Waals surface area (Å²) < 4.78 is 0. The topological polar surface area (TPSA) is 32.3 Å². The first-order valence-corrected chi connectivity index (χ1v) is 5.36. The maximum absolute atomic E-state index is 7.57. The summed E-state index contributed by atoms with van der Waals surface area (Å²) in [5.74, 6) is 0. The Morgan fingerprint density at radius 2 is 1.92 bits per heavy atom. The molecular weight excluding hydrogens is 162 g/mol. The minimum absolute atomic E-state index is 0.250. The molecule has 0 aromatic heterocycles. The molecular formula is C11H25NO. The molecule has 1 atom stereocenters. The smallest absolute Gasteiger partial charge is 0.0402 e. The van der Waals surface area contributed by atoms with Gasteiger partial charge in [0.15, 0.2) is 0 Å². The van der Waals surface area contributed by atoms with E-state index in [1.807, 2.05) is 0 Å². The quantitative estimate of drug-likeness (QED) is 0.659. The van der Waals surface area contributed by atoms with Gasteiger partial charge in [0.1, 0.15) is 0 Å². The largest absolute Gasteiger partial charge is 0.397 e. The second-order valence-electron chi connectivity index (χ2n) is 4.39. The first kappa shape index (κ1) is 12.9. The van der Waals surface area contributed by atoms with E-state index in [4.69, 9.17) is 5.11 Å². The van der Waals surface area contributed by atoms with Gasteiger partial charge < -0.3 is 10.4 Å². The number of aliphatic hydroxyl groups is 1. The van der Waals surface area contributed by atoms with Crippen LogP contribution in [0.1, 0.15) is 46.5 Å². The van der Waals surface area contributed by atoms with Gasteiger partial charge in [-0.25, -0.2) is 0 Å². The summed E-state index contributed by atoms with van der Waals surface area (Å²) in [6.45, 7) is 6.67. The molecule has 0 radical (unpaired) electrons. The molecule has 0 heterocycles. The van der Waals surface area contributed by atoms with Crippen LogP contribution in [0.5, 0.6) is 0 Å². The summed E-state index contributed by atoms with van der Waals surface area (Å²) >= 11 is 0. The first-order valence-electron chi connectivity index (χ1n) is 5.36. The van der Waals surface area contributed by atoms with Gasteiger partial charge in [0.2, 0.25) is 0 Å². The summed E-state index contributed by atoms with van der Waals surface area (Å²) in [5.41, 5.74) is 0.535. The highest BCUT2D eigenvalue weighted by Gasteiger charge is 2.30. The molecule has 1 saturated carbocycles. The van der Waals surface area contributed by atoms with E-state index >= 15 is 0 Å². The number of rotatable bonds is 1. The van der Waals surface area contributed by atoms with Gasteiger partial charge in [-0.05, 0) is 32.2 Å². The standard InChI is InChI=1S/C9H19N.C2H6O/c1-9(2)7-5-4-6-8(9)10-3;1-2-3/h8,10H,4-7H2,1-3H3;3H,2H2,1H3. The second kappa shape index (κ2) is 6.39. The van der Waals surface area contributed by atoms with Crippen molar-refractivity contribution in [1.82, 2.24) is 5.32 Å². The Balaban J connectivity index is 0.000000424. The van der Waals surface area contributed by atoms with Crippen LogP contribution in [0.3, 0.4) is 0 Å². The lowest BCUT2D eigenvalue weighted by Gasteiger charge is -2.38. The summed E-state index contributed by atoms with van der Waals surface area (Å²) in [5, 5.41) is 11.0.